The molecule has 0 aliphatic rings. The summed E-state index contributed by atoms with van der Waals surface area (Å²) in [6, 6.07) is 12.2. The van der Waals surface area contributed by atoms with E-state index in [4.69, 9.17) is 16.7 Å². The van der Waals surface area contributed by atoms with Crippen molar-refractivity contribution in [3.8, 4) is 11.8 Å². The Labute approximate surface area is 166 Å². The average molecular weight is 393 g/mol. The van der Waals surface area contributed by atoms with E-state index in [9.17, 15) is 9.59 Å². The fourth-order valence-corrected chi connectivity index (χ4v) is 2.89. The van der Waals surface area contributed by atoms with Gasteiger partial charge < -0.3 is 15.0 Å². The highest BCUT2D eigenvalue weighted by atomic mass is 35.5. The third kappa shape index (κ3) is 4.15. The second-order valence-corrected chi connectivity index (χ2v) is 6.40. The van der Waals surface area contributed by atoms with Gasteiger partial charge in [-0.2, -0.15) is 0 Å². The zero-order chi connectivity index (χ0) is 20.1. The molecular weight excluding hydrogens is 376 g/mol. The number of pyridine rings is 1. The summed E-state index contributed by atoms with van der Waals surface area (Å²) in [6.45, 7) is 3.73. The van der Waals surface area contributed by atoms with Gasteiger partial charge in [-0.1, -0.05) is 42.2 Å². The Morgan fingerprint density at radius 1 is 1.25 bits per heavy atom. The molecule has 1 aromatic heterocycles. The Hall–Kier alpha value is -3.33. The monoisotopic (exact) mass is 392 g/mol. The highest BCUT2D eigenvalue weighted by Gasteiger charge is 2.15. The molecule has 1 amide bonds. The predicted molar refractivity (Wildman–Crippen MR) is 111 cm³/mol. The topological polar surface area (TPSA) is 71.3 Å². The first kappa shape index (κ1) is 19.4. The molecule has 0 radical (unpaired) electrons. The minimum Gasteiger partial charge on any atom is -0.384 e. The highest BCUT2D eigenvalue weighted by molar-refractivity contribution is 6.30. The van der Waals surface area contributed by atoms with E-state index >= 15 is 0 Å². The summed E-state index contributed by atoms with van der Waals surface area (Å²) in [5.74, 6) is 4.83. The van der Waals surface area contributed by atoms with Crippen molar-refractivity contribution >= 4 is 34.6 Å². The standard InChI is InChI=1S/C22H17ClN2O3/c1-2-25-14-19(22(28)24-13-16-5-8-17(23)9-6-16)21(27)18-12-15(4-3-11-26)7-10-20(18)25/h2,5-10,12,14,26H,1,11,13H2,(H,24,28). The summed E-state index contributed by atoms with van der Waals surface area (Å²) in [4.78, 5) is 25.5. The van der Waals surface area contributed by atoms with Crippen LogP contribution in [0.3, 0.4) is 0 Å². The molecule has 28 heavy (non-hydrogen) atoms. The molecule has 0 saturated heterocycles. The van der Waals surface area contributed by atoms with Gasteiger partial charge >= 0.3 is 0 Å². The van der Waals surface area contributed by atoms with Gasteiger partial charge in [-0.25, -0.2) is 0 Å². The number of amides is 1. The SMILES string of the molecule is C=Cn1cc(C(=O)NCc2ccc(Cl)cc2)c(=O)c2cc(C#CCO)ccc21. The number of halogens is 1. The molecule has 0 bridgehead atoms. The maximum absolute atomic E-state index is 12.9. The number of carbonyl (C=O) groups is 1. The van der Waals surface area contributed by atoms with E-state index < -0.39 is 11.3 Å². The lowest BCUT2D eigenvalue weighted by Gasteiger charge is -2.10. The second-order valence-electron chi connectivity index (χ2n) is 5.96. The summed E-state index contributed by atoms with van der Waals surface area (Å²) in [5.41, 5.74) is 1.67. The summed E-state index contributed by atoms with van der Waals surface area (Å²) in [7, 11) is 0. The number of rotatable bonds is 4. The smallest absolute Gasteiger partial charge is 0.257 e. The van der Waals surface area contributed by atoms with Crippen LogP contribution in [-0.2, 0) is 6.54 Å². The molecule has 2 N–H and O–H groups in total. The molecule has 2 aromatic carbocycles. The molecule has 0 atom stereocenters. The van der Waals surface area contributed by atoms with Crippen LogP contribution >= 0.6 is 11.6 Å². The van der Waals surface area contributed by atoms with Crippen LogP contribution in [0.25, 0.3) is 17.1 Å². The van der Waals surface area contributed by atoms with Gasteiger partial charge in [0.15, 0.2) is 0 Å². The van der Waals surface area contributed by atoms with Crippen LogP contribution in [0.2, 0.25) is 5.02 Å². The maximum Gasteiger partial charge on any atom is 0.257 e. The maximum atomic E-state index is 12.9. The lowest BCUT2D eigenvalue weighted by atomic mass is 10.1. The van der Waals surface area contributed by atoms with Crippen molar-refractivity contribution in [2.45, 2.75) is 6.54 Å². The third-order valence-corrected chi connectivity index (χ3v) is 4.40. The van der Waals surface area contributed by atoms with Crippen LogP contribution in [0.1, 0.15) is 21.5 Å². The fourth-order valence-electron chi connectivity index (χ4n) is 2.77. The summed E-state index contributed by atoms with van der Waals surface area (Å²) < 4.78 is 1.62. The first-order valence-electron chi connectivity index (χ1n) is 8.47. The molecule has 0 fully saturated rings. The van der Waals surface area contributed by atoms with Crippen molar-refractivity contribution in [1.29, 1.82) is 0 Å². The molecule has 3 aromatic rings. The van der Waals surface area contributed by atoms with E-state index in [0.717, 1.165) is 5.56 Å². The highest BCUT2D eigenvalue weighted by Crippen LogP contribution is 2.15. The number of fused-ring (bicyclic) bond motifs is 1. The van der Waals surface area contributed by atoms with Crippen molar-refractivity contribution in [2.75, 3.05) is 6.61 Å². The molecule has 1 heterocycles. The molecule has 6 heteroatoms. The number of aliphatic hydroxyl groups excluding tert-OH is 1. The van der Waals surface area contributed by atoms with Gasteiger partial charge in [0.05, 0.1) is 5.52 Å². The Morgan fingerprint density at radius 2 is 2.00 bits per heavy atom. The number of hydrogen-bond donors (Lipinski definition) is 2. The molecular formula is C22H17ClN2O3. The molecule has 0 unspecified atom stereocenters. The van der Waals surface area contributed by atoms with Crippen LogP contribution in [0.5, 0.6) is 0 Å². The van der Waals surface area contributed by atoms with Gasteiger partial charge in [-0.15, -0.1) is 0 Å². The Kier molecular flexibility index (Phi) is 5.95. The largest absolute Gasteiger partial charge is 0.384 e. The van der Waals surface area contributed by atoms with E-state index in [1.165, 1.54) is 12.4 Å². The van der Waals surface area contributed by atoms with Gasteiger partial charge in [-0.3, -0.25) is 9.59 Å². The number of aromatic nitrogens is 1. The zero-order valence-corrected chi connectivity index (χ0v) is 15.7. The second kappa shape index (κ2) is 8.57. The van der Waals surface area contributed by atoms with E-state index in [2.05, 4.69) is 23.7 Å². The van der Waals surface area contributed by atoms with Crippen LogP contribution < -0.4 is 10.7 Å². The predicted octanol–water partition coefficient (Wildman–Crippen LogP) is 3.03. The lowest BCUT2D eigenvalue weighted by molar-refractivity contribution is 0.0949. The van der Waals surface area contributed by atoms with Gasteiger partial charge in [-0.05, 0) is 35.9 Å². The van der Waals surface area contributed by atoms with Crippen LogP contribution in [-0.4, -0.2) is 22.2 Å². The molecule has 0 aliphatic carbocycles. The van der Waals surface area contributed by atoms with Crippen LogP contribution in [0.15, 0.2) is 60.0 Å². The van der Waals surface area contributed by atoms with E-state index in [1.54, 1.807) is 47.0 Å². The van der Waals surface area contributed by atoms with E-state index in [1.807, 2.05) is 0 Å². The van der Waals surface area contributed by atoms with Gasteiger partial charge in [0.1, 0.15) is 12.2 Å². The first-order valence-corrected chi connectivity index (χ1v) is 8.85. The summed E-state index contributed by atoms with van der Waals surface area (Å²) in [5, 5.41) is 12.6. The number of nitrogens with zero attached hydrogens (tertiary/aromatic N) is 1. The summed E-state index contributed by atoms with van der Waals surface area (Å²) in [6.07, 6.45) is 2.99. The number of hydrogen-bond acceptors (Lipinski definition) is 3. The zero-order valence-electron chi connectivity index (χ0n) is 14.9. The van der Waals surface area contributed by atoms with Crippen molar-refractivity contribution in [3.63, 3.8) is 0 Å². The van der Waals surface area contributed by atoms with Crippen molar-refractivity contribution < 1.29 is 9.90 Å². The van der Waals surface area contributed by atoms with Crippen molar-refractivity contribution in [2.24, 2.45) is 0 Å². The minimum absolute atomic E-state index is 0.00799. The first-order chi connectivity index (χ1) is 13.5. The Balaban J connectivity index is 1.98. The summed E-state index contributed by atoms with van der Waals surface area (Å²) >= 11 is 5.86. The molecule has 3 rings (SSSR count). The normalized spacial score (nSPS) is 10.2. The average Bonchev–Trinajstić information content (AvgIpc) is 2.72. The van der Waals surface area contributed by atoms with Crippen LogP contribution in [0.4, 0.5) is 0 Å². The van der Waals surface area contributed by atoms with Crippen molar-refractivity contribution in [1.82, 2.24) is 9.88 Å². The number of aliphatic hydroxyl groups is 1. The Morgan fingerprint density at radius 3 is 2.68 bits per heavy atom. The fraction of sp³-hybridized carbons (Fsp3) is 0.0909. The quantitative estimate of drug-likeness (QED) is 0.670. The van der Waals surface area contributed by atoms with Crippen LogP contribution in [0, 0.1) is 11.8 Å². The van der Waals surface area contributed by atoms with Crippen molar-refractivity contribution in [3.05, 3.63) is 87.2 Å². The number of nitrogens with one attached hydrogen (secondary N) is 1. The lowest BCUT2D eigenvalue weighted by Crippen LogP contribution is -2.29. The Bertz CT molecular complexity index is 1170. The van der Waals surface area contributed by atoms with Gasteiger partial charge in [0.2, 0.25) is 5.43 Å². The number of carbonyl (C=O) groups excluding carboxylic acids is 1. The van der Waals surface area contributed by atoms with Gasteiger partial charge in [0, 0.05) is 34.9 Å². The molecule has 0 aliphatic heterocycles. The van der Waals surface area contributed by atoms with E-state index in [0.29, 0.717) is 21.5 Å². The van der Waals surface area contributed by atoms with Gasteiger partial charge in [0.25, 0.3) is 5.91 Å². The molecule has 5 nitrogen and oxygen atoms in total. The minimum atomic E-state index is -0.482. The van der Waals surface area contributed by atoms with E-state index in [-0.39, 0.29) is 18.7 Å². The molecule has 0 saturated carbocycles. The molecule has 140 valence electrons. The molecule has 0 spiro atoms. The third-order valence-electron chi connectivity index (χ3n) is 4.15. The number of benzene rings is 2.